The van der Waals surface area contributed by atoms with Gasteiger partial charge in [-0.1, -0.05) is 54.6 Å². The van der Waals surface area contributed by atoms with Gasteiger partial charge in [-0.05, 0) is 11.6 Å². The summed E-state index contributed by atoms with van der Waals surface area (Å²) in [4.78, 5) is 0. The highest BCUT2D eigenvalue weighted by atomic mass is 16.5. The number of methoxy groups -OCH3 is 2. The van der Waals surface area contributed by atoms with Gasteiger partial charge in [0.15, 0.2) is 0 Å². The van der Waals surface area contributed by atoms with E-state index < -0.39 is 0 Å². The molecular weight excluding hydrogens is 336 g/mol. The lowest BCUT2D eigenvalue weighted by Crippen LogP contribution is -2.31. The van der Waals surface area contributed by atoms with Crippen molar-refractivity contribution in [3.63, 3.8) is 0 Å². The van der Waals surface area contributed by atoms with E-state index in [0.717, 1.165) is 34.4 Å². The molecule has 0 fully saturated rings. The summed E-state index contributed by atoms with van der Waals surface area (Å²) >= 11 is 0. The molecule has 27 heavy (non-hydrogen) atoms. The summed E-state index contributed by atoms with van der Waals surface area (Å²) in [6.07, 6.45) is 6.30. The van der Waals surface area contributed by atoms with Crippen LogP contribution in [-0.4, -0.2) is 18.8 Å². The van der Waals surface area contributed by atoms with Crippen molar-refractivity contribution in [3.8, 4) is 11.5 Å². The largest absolute Gasteiger partial charge is 0.496 e. The molecule has 0 saturated heterocycles. The summed E-state index contributed by atoms with van der Waals surface area (Å²) in [7, 11) is 3.44. The first-order chi connectivity index (χ1) is 13.3. The highest BCUT2D eigenvalue weighted by Crippen LogP contribution is 2.36. The van der Waals surface area contributed by atoms with Crippen LogP contribution in [0.5, 0.6) is 11.5 Å². The number of ether oxygens (including phenoxy) is 2. The molecule has 0 aliphatic carbocycles. The molecule has 4 heteroatoms. The van der Waals surface area contributed by atoms with Gasteiger partial charge in [-0.3, -0.25) is 0 Å². The zero-order valence-electron chi connectivity index (χ0n) is 15.6. The topological polar surface area (TPSA) is 27.3 Å². The first-order valence-corrected chi connectivity index (χ1v) is 9.00. The number of hydrogen-bond donors (Lipinski definition) is 0. The maximum absolute atomic E-state index is 5.76. The van der Waals surface area contributed by atoms with Gasteiger partial charge in [0.05, 0.1) is 14.2 Å². The van der Waals surface area contributed by atoms with Crippen molar-refractivity contribution in [2.75, 3.05) is 14.2 Å². The fourth-order valence-corrected chi connectivity index (χ4v) is 3.51. The van der Waals surface area contributed by atoms with Gasteiger partial charge in [0.25, 0.3) is 0 Å². The molecule has 136 valence electrons. The van der Waals surface area contributed by atoms with Gasteiger partial charge in [-0.25, -0.2) is 9.13 Å². The Morgan fingerprint density at radius 3 is 2.37 bits per heavy atom. The van der Waals surface area contributed by atoms with Crippen LogP contribution in [0.3, 0.4) is 0 Å². The van der Waals surface area contributed by atoms with Gasteiger partial charge in [0.2, 0.25) is 6.33 Å². The standard InChI is InChI=1S/C23H23N2O2/c1-26-22-14-19(23(27-2)21-11-7-6-10-20(21)22)16-25-13-12-24(17-25)15-18-8-4-3-5-9-18/h3-14,17H,15-16H2,1-2H3/q+1. The van der Waals surface area contributed by atoms with Crippen LogP contribution in [0, 0.1) is 0 Å². The summed E-state index contributed by atoms with van der Waals surface area (Å²) in [5, 5.41) is 2.13. The van der Waals surface area contributed by atoms with Gasteiger partial charge >= 0.3 is 0 Å². The molecule has 0 spiro atoms. The predicted molar refractivity (Wildman–Crippen MR) is 106 cm³/mol. The Morgan fingerprint density at radius 2 is 1.63 bits per heavy atom. The second-order valence-corrected chi connectivity index (χ2v) is 6.56. The van der Waals surface area contributed by atoms with Crippen LogP contribution in [0.2, 0.25) is 0 Å². The van der Waals surface area contributed by atoms with Crippen LogP contribution in [-0.2, 0) is 13.1 Å². The van der Waals surface area contributed by atoms with Crippen molar-refractivity contribution in [2.24, 2.45) is 0 Å². The van der Waals surface area contributed by atoms with E-state index in [0.29, 0.717) is 6.54 Å². The van der Waals surface area contributed by atoms with Crippen LogP contribution in [0.1, 0.15) is 11.1 Å². The van der Waals surface area contributed by atoms with Crippen LogP contribution in [0.4, 0.5) is 0 Å². The Bertz CT molecular complexity index is 1050. The molecular formula is C23H23N2O2+. The lowest BCUT2D eigenvalue weighted by atomic mass is 10.0. The molecule has 0 aliphatic heterocycles. The Hall–Kier alpha value is -3.27. The van der Waals surface area contributed by atoms with Crippen LogP contribution in [0.25, 0.3) is 10.8 Å². The van der Waals surface area contributed by atoms with Crippen molar-refractivity contribution in [1.29, 1.82) is 0 Å². The second-order valence-electron chi connectivity index (χ2n) is 6.56. The van der Waals surface area contributed by atoms with E-state index in [1.165, 1.54) is 5.56 Å². The predicted octanol–water partition coefficient (Wildman–Crippen LogP) is 4.04. The average molecular weight is 359 g/mol. The molecule has 0 saturated carbocycles. The Labute approximate surface area is 159 Å². The molecule has 4 rings (SSSR count). The SMILES string of the molecule is COc1cc(Cn2cc[n+](Cc3ccccc3)c2)c(OC)c2ccccc12. The number of aromatic nitrogens is 2. The Kier molecular flexibility index (Phi) is 4.79. The number of fused-ring (bicyclic) bond motifs is 1. The van der Waals surface area contributed by atoms with E-state index in [4.69, 9.17) is 9.47 Å². The van der Waals surface area contributed by atoms with Crippen LogP contribution >= 0.6 is 0 Å². The Balaban J connectivity index is 1.65. The minimum absolute atomic E-state index is 0.714. The number of hydrogen-bond acceptors (Lipinski definition) is 2. The molecule has 0 aliphatic rings. The molecule has 0 unspecified atom stereocenters. The second kappa shape index (κ2) is 7.54. The van der Waals surface area contributed by atoms with Gasteiger partial charge in [0, 0.05) is 16.3 Å². The Morgan fingerprint density at radius 1 is 0.889 bits per heavy atom. The first-order valence-electron chi connectivity index (χ1n) is 9.00. The zero-order valence-corrected chi connectivity index (χ0v) is 15.6. The van der Waals surface area contributed by atoms with E-state index in [-0.39, 0.29) is 0 Å². The molecule has 0 bridgehead atoms. The van der Waals surface area contributed by atoms with Gasteiger partial charge in [0.1, 0.15) is 37.0 Å². The van der Waals surface area contributed by atoms with E-state index >= 15 is 0 Å². The molecule has 0 N–H and O–H groups in total. The van der Waals surface area contributed by atoms with E-state index in [9.17, 15) is 0 Å². The summed E-state index contributed by atoms with van der Waals surface area (Å²) in [6.45, 7) is 1.57. The number of imidazole rings is 1. The summed E-state index contributed by atoms with van der Waals surface area (Å²) < 4.78 is 15.7. The molecule has 1 heterocycles. The van der Waals surface area contributed by atoms with Gasteiger partial charge in [-0.2, -0.15) is 0 Å². The fourth-order valence-electron chi connectivity index (χ4n) is 3.51. The third-order valence-corrected chi connectivity index (χ3v) is 4.77. The summed E-state index contributed by atoms with van der Waals surface area (Å²) in [5.41, 5.74) is 2.38. The van der Waals surface area contributed by atoms with E-state index in [1.807, 2.05) is 18.2 Å². The molecule has 3 aromatic carbocycles. The summed E-state index contributed by atoms with van der Waals surface area (Å²) in [6, 6.07) is 20.7. The van der Waals surface area contributed by atoms with E-state index in [2.05, 4.69) is 70.3 Å². The number of rotatable bonds is 6. The monoisotopic (exact) mass is 359 g/mol. The van der Waals surface area contributed by atoms with Crippen LogP contribution < -0.4 is 14.0 Å². The lowest BCUT2D eigenvalue weighted by Gasteiger charge is -2.14. The highest BCUT2D eigenvalue weighted by Gasteiger charge is 2.16. The first kappa shape index (κ1) is 17.2. The smallest absolute Gasteiger partial charge is 0.244 e. The highest BCUT2D eigenvalue weighted by molar-refractivity contribution is 5.94. The lowest BCUT2D eigenvalue weighted by molar-refractivity contribution is -0.687. The molecule has 4 aromatic rings. The molecule has 1 aromatic heterocycles. The average Bonchev–Trinajstić information content (AvgIpc) is 3.15. The molecule has 0 amide bonds. The van der Waals surface area contributed by atoms with Crippen molar-refractivity contribution in [1.82, 2.24) is 4.57 Å². The minimum atomic E-state index is 0.714. The zero-order chi connectivity index (χ0) is 18.6. The van der Waals surface area contributed by atoms with Crippen molar-refractivity contribution >= 4 is 10.8 Å². The van der Waals surface area contributed by atoms with Gasteiger partial charge in [-0.15, -0.1) is 0 Å². The van der Waals surface area contributed by atoms with Crippen molar-refractivity contribution in [3.05, 3.63) is 90.5 Å². The van der Waals surface area contributed by atoms with Crippen molar-refractivity contribution in [2.45, 2.75) is 13.1 Å². The summed E-state index contributed by atoms with van der Waals surface area (Å²) in [5.74, 6) is 1.76. The minimum Gasteiger partial charge on any atom is -0.496 e. The molecule has 0 atom stereocenters. The molecule has 0 radical (unpaired) electrons. The number of benzene rings is 3. The maximum atomic E-state index is 5.76. The quantitative estimate of drug-likeness (QED) is 0.486. The maximum Gasteiger partial charge on any atom is 0.244 e. The fraction of sp³-hybridized carbons (Fsp3) is 0.174. The normalized spacial score (nSPS) is 10.9. The third kappa shape index (κ3) is 3.51. The van der Waals surface area contributed by atoms with Gasteiger partial charge < -0.3 is 9.47 Å². The third-order valence-electron chi connectivity index (χ3n) is 4.77. The molecule has 4 nitrogen and oxygen atoms in total. The van der Waals surface area contributed by atoms with E-state index in [1.54, 1.807) is 14.2 Å². The number of nitrogens with zero attached hydrogens (tertiary/aromatic N) is 2. The van der Waals surface area contributed by atoms with Crippen LogP contribution in [0.15, 0.2) is 79.4 Å². The van der Waals surface area contributed by atoms with Crippen molar-refractivity contribution < 1.29 is 14.0 Å².